The van der Waals surface area contributed by atoms with Crippen molar-refractivity contribution in [1.29, 1.82) is 0 Å². The summed E-state index contributed by atoms with van der Waals surface area (Å²) in [5.74, 6) is -2.68. The molecule has 0 bridgehead atoms. The van der Waals surface area contributed by atoms with Crippen molar-refractivity contribution in [3.63, 3.8) is 0 Å². The molecule has 44 heavy (non-hydrogen) atoms. The van der Waals surface area contributed by atoms with Crippen LogP contribution in [0.3, 0.4) is 0 Å². The number of aromatic nitrogens is 1. The fourth-order valence-electron chi connectivity index (χ4n) is 5.45. The standard InChI is InChI=1S/C29H32ClF3N4O5S2/c1-28(2,3)42-27(38)37(24-11-23(33)25(10-20(24)30)44(39,40)35-26-14-43-17-34-26)13-19-18(21(31)4-5-22(19)32)12-36-15-29(16-36)6-8-41-9-7-29/h4-5,10-11,14,17,35H,6-9,12-13,15-16H2,1-3H3. The monoisotopic (exact) mass is 672 g/mol. The van der Waals surface area contributed by atoms with Gasteiger partial charge in [0.05, 0.1) is 22.8 Å². The summed E-state index contributed by atoms with van der Waals surface area (Å²) in [6.45, 7) is 7.06. The molecule has 9 nitrogen and oxygen atoms in total. The number of nitrogens with one attached hydrogen (secondary N) is 1. The van der Waals surface area contributed by atoms with Crippen LogP contribution >= 0.6 is 22.9 Å². The van der Waals surface area contributed by atoms with Gasteiger partial charge in [0.2, 0.25) is 0 Å². The number of benzene rings is 2. The van der Waals surface area contributed by atoms with Crippen molar-refractivity contribution in [2.45, 2.75) is 57.2 Å². The van der Waals surface area contributed by atoms with Crippen molar-refractivity contribution in [2.75, 3.05) is 35.9 Å². The van der Waals surface area contributed by atoms with E-state index < -0.39 is 50.6 Å². The fraction of sp³-hybridized carbons (Fsp3) is 0.448. The maximum absolute atomic E-state index is 15.5. The van der Waals surface area contributed by atoms with Crippen LogP contribution in [0, 0.1) is 22.9 Å². The van der Waals surface area contributed by atoms with Crippen molar-refractivity contribution in [2.24, 2.45) is 5.41 Å². The van der Waals surface area contributed by atoms with Crippen molar-refractivity contribution >= 4 is 50.6 Å². The summed E-state index contributed by atoms with van der Waals surface area (Å²) in [6.07, 6.45) is 0.766. The molecule has 2 saturated heterocycles. The van der Waals surface area contributed by atoms with Crippen molar-refractivity contribution < 1.29 is 35.9 Å². The highest BCUT2D eigenvalue weighted by Gasteiger charge is 2.44. The third-order valence-electron chi connectivity index (χ3n) is 7.55. The molecular weight excluding hydrogens is 641 g/mol. The topological polar surface area (TPSA) is 101 Å². The summed E-state index contributed by atoms with van der Waals surface area (Å²) < 4.78 is 85.1. The predicted octanol–water partition coefficient (Wildman–Crippen LogP) is 6.57. The second kappa shape index (κ2) is 12.5. The first kappa shape index (κ1) is 32.5. The molecule has 1 spiro atoms. The van der Waals surface area contributed by atoms with E-state index in [0.29, 0.717) is 26.3 Å². The van der Waals surface area contributed by atoms with Gasteiger partial charge in [-0.3, -0.25) is 14.5 Å². The lowest BCUT2D eigenvalue weighted by atomic mass is 9.73. The van der Waals surface area contributed by atoms with Gasteiger partial charge in [0.1, 0.15) is 27.9 Å². The maximum atomic E-state index is 15.5. The summed E-state index contributed by atoms with van der Waals surface area (Å²) in [6, 6.07) is 3.58. The van der Waals surface area contributed by atoms with E-state index in [0.717, 1.165) is 53.3 Å². The number of nitrogens with zero attached hydrogens (tertiary/aromatic N) is 3. The number of sulfonamides is 1. The molecule has 0 radical (unpaired) electrons. The molecular formula is C29H32ClF3N4O5S2. The molecule has 1 N–H and O–H groups in total. The van der Waals surface area contributed by atoms with Crippen LogP contribution in [-0.2, 0) is 32.6 Å². The van der Waals surface area contributed by atoms with E-state index in [-0.39, 0.29) is 39.6 Å². The Labute approximate surface area is 263 Å². The molecule has 5 rings (SSSR count). The number of thiazole rings is 1. The minimum Gasteiger partial charge on any atom is -0.443 e. The van der Waals surface area contributed by atoms with E-state index in [1.165, 1.54) is 10.9 Å². The Morgan fingerprint density at radius 1 is 1.14 bits per heavy atom. The lowest BCUT2D eigenvalue weighted by Crippen LogP contribution is -2.57. The average Bonchev–Trinajstić information content (AvgIpc) is 3.42. The molecule has 0 aliphatic carbocycles. The number of likely N-dealkylation sites (tertiary alicyclic amines) is 1. The van der Waals surface area contributed by atoms with Crippen LogP contribution in [0.4, 0.5) is 29.5 Å². The minimum atomic E-state index is -4.45. The van der Waals surface area contributed by atoms with Crippen molar-refractivity contribution in [3.05, 3.63) is 68.8 Å². The summed E-state index contributed by atoms with van der Waals surface area (Å²) in [7, 11) is -4.45. The van der Waals surface area contributed by atoms with Gasteiger partial charge < -0.3 is 9.47 Å². The van der Waals surface area contributed by atoms with E-state index in [1.54, 1.807) is 20.8 Å². The second-order valence-corrected chi connectivity index (χ2v) is 14.8. The number of rotatable bonds is 8. The van der Waals surface area contributed by atoms with E-state index in [1.807, 2.05) is 4.90 Å². The van der Waals surface area contributed by atoms with Gasteiger partial charge in [0, 0.05) is 60.8 Å². The molecule has 2 aliphatic heterocycles. The number of amides is 1. The molecule has 2 aromatic carbocycles. The Morgan fingerprint density at radius 3 is 2.41 bits per heavy atom. The van der Waals surface area contributed by atoms with E-state index in [2.05, 4.69) is 9.71 Å². The first-order valence-corrected chi connectivity index (χ1v) is 16.6. The third kappa shape index (κ3) is 7.15. The van der Waals surface area contributed by atoms with E-state index in [4.69, 9.17) is 21.1 Å². The first-order chi connectivity index (χ1) is 20.7. The van der Waals surface area contributed by atoms with Gasteiger partial charge in [-0.15, -0.1) is 11.3 Å². The summed E-state index contributed by atoms with van der Waals surface area (Å²) >= 11 is 7.60. The molecule has 1 amide bonds. The minimum absolute atomic E-state index is 0.0102. The van der Waals surface area contributed by atoms with Crippen LogP contribution in [0.25, 0.3) is 0 Å². The van der Waals surface area contributed by atoms with Crippen LogP contribution in [-0.4, -0.2) is 56.3 Å². The van der Waals surface area contributed by atoms with Gasteiger partial charge in [-0.1, -0.05) is 11.6 Å². The number of ether oxygens (including phenoxy) is 2. The molecule has 3 heterocycles. The largest absolute Gasteiger partial charge is 0.443 e. The van der Waals surface area contributed by atoms with Crippen molar-refractivity contribution in [1.82, 2.24) is 9.88 Å². The summed E-state index contributed by atoms with van der Waals surface area (Å²) in [4.78, 5) is 19.4. The number of halogens is 4. The number of hydrogen-bond donors (Lipinski definition) is 1. The van der Waals surface area contributed by atoms with Gasteiger partial charge in [-0.2, -0.15) is 0 Å². The molecule has 0 unspecified atom stereocenters. The SMILES string of the molecule is CC(C)(C)OC(=O)N(Cc1c(F)ccc(F)c1CN1CC2(CCOCC2)C1)c1cc(F)c(S(=O)(=O)Nc2cscn2)cc1Cl. The molecule has 0 atom stereocenters. The molecule has 0 saturated carbocycles. The van der Waals surface area contributed by atoms with Crippen LogP contribution in [0.15, 0.2) is 40.1 Å². The molecule has 3 aromatic rings. The Hall–Kier alpha value is -2.91. The predicted molar refractivity (Wildman–Crippen MR) is 161 cm³/mol. The van der Waals surface area contributed by atoms with Gasteiger partial charge in [-0.05, 0) is 51.8 Å². The normalized spacial score (nSPS) is 16.9. The van der Waals surface area contributed by atoms with Crippen LogP contribution in [0.5, 0.6) is 0 Å². The lowest BCUT2D eigenvalue weighted by Gasteiger charge is -2.52. The molecule has 1 aromatic heterocycles. The van der Waals surface area contributed by atoms with E-state index in [9.17, 15) is 13.2 Å². The fourth-order valence-corrected chi connectivity index (χ4v) is 7.42. The van der Waals surface area contributed by atoms with Crippen molar-refractivity contribution in [3.8, 4) is 0 Å². The Kier molecular flexibility index (Phi) is 9.21. The summed E-state index contributed by atoms with van der Waals surface area (Å²) in [5, 5.41) is 1.09. The maximum Gasteiger partial charge on any atom is 0.415 e. The zero-order valence-corrected chi connectivity index (χ0v) is 26.7. The Balaban J connectivity index is 1.48. The number of hydrogen-bond acceptors (Lipinski definition) is 8. The highest BCUT2D eigenvalue weighted by Crippen LogP contribution is 2.41. The smallest absolute Gasteiger partial charge is 0.415 e. The average molecular weight is 673 g/mol. The van der Waals surface area contributed by atoms with Crippen LogP contribution in [0.2, 0.25) is 5.02 Å². The molecule has 2 fully saturated rings. The van der Waals surface area contributed by atoms with Crippen LogP contribution in [0.1, 0.15) is 44.7 Å². The van der Waals surface area contributed by atoms with Crippen LogP contribution < -0.4 is 9.62 Å². The van der Waals surface area contributed by atoms with E-state index >= 15 is 13.2 Å². The number of carbonyl (C=O) groups is 1. The highest BCUT2D eigenvalue weighted by molar-refractivity contribution is 7.92. The third-order valence-corrected chi connectivity index (χ3v) is 9.81. The zero-order chi connectivity index (χ0) is 31.9. The van der Waals surface area contributed by atoms with Gasteiger partial charge in [0.25, 0.3) is 10.0 Å². The highest BCUT2D eigenvalue weighted by atomic mass is 35.5. The molecule has 15 heteroatoms. The zero-order valence-electron chi connectivity index (χ0n) is 24.3. The van der Waals surface area contributed by atoms with Gasteiger partial charge >= 0.3 is 6.09 Å². The quantitative estimate of drug-likeness (QED) is 0.289. The van der Waals surface area contributed by atoms with Gasteiger partial charge in [-0.25, -0.2) is 31.4 Å². The Morgan fingerprint density at radius 2 is 1.80 bits per heavy atom. The second-order valence-electron chi connectivity index (χ2n) is 12.0. The first-order valence-electron chi connectivity index (χ1n) is 13.8. The molecule has 238 valence electrons. The van der Waals surface area contributed by atoms with Gasteiger partial charge in [0.15, 0.2) is 5.82 Å². The molecule has 2 aliphatic rings. The Bertz CT molecular complexity index is 1640. The lowest BCUT2D eigenvalue weighted by molar-refractivity contribution is -0.0842. The number of carbonyl (C=O) groups excluding carboxylic acids is 1. The summed E-state index contributed by atoms with van der Waals surface area (Å²) in [5.41, 5.74) is 0.0942. The number of anilines is 2.